The monoisotopic (exact) mass is 431 g/mol. The Morgan fingerprint density at radius 3 is 2.52 bits per heavy atom. The van der Waals surface area contributed by atoms with Crippen LogP contribution in [0.1, 0.15) is 46.0 Å². The van der Waals surface area contributed by atoms with Gasteiger partial charge in [0.1, 0.15) is 11.9 Å². The molecule has 0 saturated carbocycles. The van der Waals surface area contributed by atoms with Crippen LogP contribution < -0.4 is 4.90 Å². The smallest absolute Gasteiger partial charge is 0.312 e. The van der Waals surface area contributed by atoms with Crippen LogP contribution in [0.4, 0.5) is 10.1 Å². The molecule has 1 aromatic rings. The van der Waals surface area contributed by atoms with Crippen LogP contribution in [-0.2, 0) is 14.3 Å². The lowest BCUT2D eigenvalue weighted by molar-refractivity contribution is -0.152. The van der Waals surface area contributed by atoms with Crippen LogP contribution in [0.5, 0.6) is 0 Å². The van der Waals surface area contributed by atoms with Crippen molar-refractivity contribution in [1.82, 2.24) is 9.80 Å². The van der Waals surface area contributed by atoms with Gasteiger partial charge in [0.25, 0.3) is 0 Å². The van der Waals surface area contributed by atoms with Gasteiger partial charge in [0, 0.05) is 63.8 Å². The molecule has 7 heteroatoms. The Hall–Kier alpha value is -2.15. The minimum Gasteiger partial charge on any atom is -0.462 e. The Bertz CT molecular complexity index is 792. The van der Waals surface area contributed by atoms with Gasteiger partial charge in [-0.15, -0.1) is 0 Å². The molecule has 0 N–H and O–H groups in total. The molecule has 0 radical (unpaired) electrons. The SMILES string of the molecule is CCC(=O)N1CCC2(CC1)C[C@H](CCN1CCN(c3ccc(F)cc3)C[C@H]1C)OC2=O. The van der Waals surface area contributed by atoms with Gasteiger partial charge in [0.15, 0.2) is 0 Å². The van der Waals surface area contributed by atoms with Crippen LogP contribution in [0, 0.1) is 11.2 Å². The number of piperazine rings is 1. The molecule has 170 valence electrons. The number of esters is 1. The number of nitrogens with zero attached hydrogens (tertiary/aromatic N) is 3. The summed E-state index contributed by atoms with van der Waals surface area (Å²) in [6.07, 6.45) is 3.58. The summed E-state index contributed by atoms with van der Waals surface area (Å²) < 4.78 is 19.0. The number of anilines is 1. The second kappa shape index (κ2) is 9.15. The molecule has 1 amide bonds. The van der Waals surface area contributed by atoms with Gasteiger partial charge in [-0.3, -0.25) is 14.5 Å². The predicted molar refractivity (Wildman–Crippen MR) is 117 cm³/mol. The largest absolute Gasteiger partial charge is 0.462 e. The van der Waals surface area contributed by atoms with E-state index in [9.17, 15) is 14.0 Å². The molecule has 3 fully saturated rings. The first-order chi connectivity index (χ1) is 14.9. The molecule has 31 heavy (non-hydrogen) atoms. The number of hydrogen-bond donors (Lipinski definition) is 0. The van der Waals surface area contributed by atoms with Crippen molar-refractivity contribution in [1.29, 1.82) is 0 Å². The summed E-state index contributed by atoms with van der Waals surface area (Å²) in [6, 6.07) is 7.09. The molecule has 0 bridgehead atoms. The van der Waals surface area contributed by atoms with Crippen LogP contribution in [0.25, 0.3) is 0 Å². The minimum absolute atomic E-state index is 0.0248. The number of piperidine rings is 1. The molecule has 3 aliphatic heterocycles. The van der Waals surface area contributed by atoms with Crippen molar-refractivity contribution in [3.05, 3.63) is 30.1 Å². The average molecular weight is 432 g/mol. The fourth-order valence-corrected chi connectivity index (χ4v) is 5.34. The Labute approximate surface area is 184 Å². The first-order valence-corrected chi connectivity index (χ1v) is 11.6. The number of carbonyl (C=O) groups is 2. The molecule has 0 unspecified atom stereocenters. The molecule has 1 spiro atoms. The highest BCUT2D eigenvalue weighted by Crippen LogP contribution is 2.44. The van der Waals surface area contributed by atoms with Crippen molar-refractivity contribution in [2.24, 2.45) is 5.41 Å². The molecule has 6 nitrogen and oxygen atoms in total. The first-order valence-electron chi connectivity index (χ1n) is 11.6. The van der Waals surface area contributed by atoms with E-state index in [-0.39, 0.29) is 29.2 Å². The Kier molecular flexibility index (Phi) is 6.51. The Morgan fingerprint density at radius 1 is 1.16 bits per heavy atom. The topological polar surface area (TPSA) is 53.1 Å². The highest BCUT2D eigenvalue weighted by molar-refractivity contribution is 5.80. The van der Waals surface area contributed by atoms with Gasteiger partial charge < -0.3 is 14.5 Å². The van der Waals surface area contributed by atoms with Crippen LogP contribution in [0.15, 0.2) is 24.3 Å². The quantitative estimate of drug-likeness (QED) is 0.671. The lowest BCUT2D eigenvalue weighted by Gasteiger charge is -2.41. The molecular weight excluding hydrogens is 397 g/mol. The van der Waals surface area contributed by atoms with E-state index in [2.05, 4.69) is 16.7 Å². The Balaban J connectivity index is 1.25. The van der Waals surface area contributed by atoms with Crippen LogP contribution in [0.2, 0.25) is 0 Å². The van der Waals surface area contributed by atoms with Gasteiger partial charge in [0.2, 0.25) is 5.91 Å². The molecule has 4 rings (SSSR count). The molecule has 3 heterocycles. The van der Waals surface area contributed by atoms with Crippen molar-refractivity contribution < 1.29 is 18.7 Å². The third-order valence-corrected chi connectivity index (χ3v) is 7.40. The van der Waals surface area contributed by atoms with Gasteiger partial charge in [0.05, 0.1) is 5.41 Å². The van der Waals surface area contributed by atoms with Crippen LogP contribution in [0.3, 0.4) is 0 Å². The number of likely N-dealkylation sites (tertiary alicyclic amines) is 1. The van der Waals surface area contributed by atoms with Crippen LogP contribution >= 0.6 is 0 Å². The van der Waals surface area contributed by atoms with E-state index in [4.69, 9.17) is 4.74 Å². The number of amides is 1. The van der Waals surface area contributed by atoms with Crippen molar-refractivity contribution in [2.45, 2.75) is 58.1 Å². The normalized spacial score (nSPS) is 26.4. The summed E-state index contributed by atoms with van der Waals surface area (Å²) in [7, 11) is 0. The zero-order valence-electron chi connectivity index (χ0n) is 18.7. The van der Waals surface area contributed by atoms with E-state index in [0.29, 0.717) is 25.6 Å². The lowest BCUT2D eigenvalue weighted by Crippen LogP contribution is -2.52. The number of carbonyl (C=O) groups excluding carboxylic acids is 2. The lowest BCUT2D eigenvalue weighted by atomic mass is 9.75. The number of rotatable bonds is 5. The van der Waals surface area contributed by atoms with E-state index < -0.39 is 0 Å². The second-order valence-corrected chi connectivity index (χ2v) is 9.34. The molecule has 1 aromatic carbocycles. The zero-order valence-corrected chi connectivity index (χ0v) is 18.7. The predicted octanol–water partition coefficient (Wildman–Crippen LogP) is 3.06. The van der Waals surface area contributed by atoms with Crippen molar-refractivity contribution in [2.75, 3.05) is 44.2 Å². The number of ether oxygens (including phenoxy) is 1. The highest BCUT2D eigenvalue weighted by Gasteiger charge is 2.50. The highest BCUT2D eigenvalue weighted by atomic mass is 19.1. The summed E-state index contributed by atoms with van der Waals surface area (Å²) in [5, 5.41) is 0. The van der Waals surface area contributed by atoms with E-state index in [1.807, 2.05) is 24.0 Å². The summed E-state index contributed by atoms with van der Waals surface area (Å²) in [5.41, 5.74) is 0.676. The van der Waals surface area contributed by atoms with Gasteiger partial charge in [-0.05, 0) is 50.5 Å². The Morgan fingerprint density at radius 2 is 1.87 bits per heavy atom. The van der Waals surface area contributed by atoms with Gasteiger partial charge in [-0.2, -0.15) is 0 Å². The molecule has 0 aliphatic carbocycles. The van der Waals surface area contributed by atoms with Crippen molar-refractivity contribution >= 4 is 17.6 Å². The number of cyclic esters (lactones) is 1. The summed E-state index contributed by atoms with van der Waals surface area (Å²) >= 11 is 0. The number of benzene rings is 1. The maximum Gasteiger partial charge on any atom is 0.312 e. The summed E-state index contributed by atoms with van der Waals surface area (Å²) in [5.74, 6) is -0.0937. The van der Waals surface area contributed by atoms with Gasteiger partial charge in [-0.1, -0.05) is 6.92 Å². The van der Waals surface area contributed by atoms with Crippen LogP contribution in [-0.4, -0.2) is 73.1 Å². The summed E-state index contributed by atoms with van der Waals surface area (Å²) in [6.45, 7) is 9.09. The molecule has 2 atom stereocenters. The van der Waals surface area contributed by atoms with Gasteiger partial charge in [-0.25, -0.2) is 4.39 Å². The third kappa shape index (κ3) is 4.71. The van der Waals surface area contributed by atoms with Crippen molar-refractivity contribution in [3.8, 4) is 0 Å². The molecule has 3 saturated heterocycles. The zero-order chi connectivity index (χ0) is 22.0. The maximum atomic E-state index is 13.2. The fourth-order valence-electron chi connectivity index (χ4n) is 5.34. The van der Waals surface area contributed by atoms with Crippen molar-refractivity contribution in [3.63, 3.8) is 0 Å². The van der Waals surface area contributed by atoms with E-state index in [1.54, 1.807) is 0 Å². The van der Waals surface area contributed by atoms with E-state index in [0.717, 1.165) is 57.5 Å². The summed E-state index contributed by atoms with van der Waals surface area (Å²) in [4.78, 5) is 31.3. The molecule has 0 aromatic heterocycles. The molecular formula is C24H34FN3O3. The third-order valence-electron chi connectivity index (χ3n) is 7.40. The standard InChI is InChI=1S/C24H34FN3O3/c1-3-22(29)27-12-9-24(10-13-27)16-21(31-23(24)30)8-11-26-14-15-28(17-18(26)2)20-6-4-19(25)5-7-20/h4-7,18,21H,3,8-17H2,1-2H3/t18-,21+/m1/s1. The van der Waals surface area contributed by atoms with Gasteiger partial charge >= 0.3 is 5.97 Å². The number of hydrogen-bond acceptors (Lipinski definition) is 5. The van der Waals surface area contributed by atoms with E-state index in [1.165, 1.54) is 12.1 Å². The maximum absolute atomic E-state index is 13.2. The van der Waals surface area contributed by atoms with E-state index >= 15 is 0 Å². The average Bonchev–Trinajstić information content (AvgIpc) is 3.08. The first kappa shape index (κ1) is 22.1. The molecule has 3 aliphatic rings. The fraction of sp³-hybridized carbons (Fsp3) is 0.667. The minimum atomic E-state index is -0.387. The number of halogens is 1. The second-order valence-electron chi connectivity index (χ2n) is 9.34.